The van der Waals surface area contributed by atoms with Crippen molar-refractivity contribution in [2.45, 2.75) is 31.8 Å². The summed E-state index contributed by atoms with van der Waals surface area (Å²) in [6.07, 6.45) is 3.56. The molecule has 1 aliphatic rings. The van der Waals surface area contributed by atoms with Gasteiger partial charge < -0.3 is 20.1 Å². The number of methoxy groups -OCH3 is 1. The van der Waals surface area contributed by atoms with Gasteiger partial charge in [0.05, 0.1) is 7.11 Å². The maximum Gasteiger partial charge on any atom is 0.251 e. The third-order valence-corrected chi connectivity index (χ3v) is 3.74. The third kappa shape index (κ3) is 5.44. The van der Waals surface area contributed by atoms with Crippen molar-refractivity contribution in [2.75, 3.05) is 20.3 Å². The highest BCUT2D eigenvalue weighted by Crippen LogP contribution is 2.28. The zero-order valence-corrected chi connectivity index (χ0v) is 14.4. The van der Waals surface area contributed by atoms with E-state index in [0.29, 0.717) is 29.7 Å². The summed E-state index contributed by atoms with van der Waals surface area (Å²) >= 11 is 0. The second-order valence-electron chi connectivity index (χ2n) is 5.52. The van der Waals surface area contributed by atoms with E-state index in [4.69, 9.17) is 9.47 Å². The molecular formula is C17H25ClN2O3. The summed E-state index contributed by atoms with van der Waals surface area (Å²) in [4.78, 5) is 12.4. The van der Waals surface area contributed by atoms with Crippen LogP contribution in [0.5, 0.6) is 11.5 Å². The van der Waals surface area contributed by atoms with Crippen LogP contribution >= 0.6 is 12.4 Å². The summed E-state index contributed by atoms with van der Waals surface area (Å²) in [6, 6.07) is 5.86. The molecule has 1 amide bonds. The molecule has 0 spiro atoms. The van der Waals surface area contributed by atoms with E-state index in [-0.39, 0.29) is 24.4 Å². The quantitative estimate of drug-likeness (QED) is 0.781. The van der Waals surface area contributed by atoms with Gasteiger partial charge in [0.25, 0.3) is 5.91 Å². The number of amides is 1. The summed E-state index contributed by atoms with van der Waals surface area (Å²) in [7, 11) is 1.56. The van der Waals surface area contributed by atoms with Crippen molar-refractivity contribution >= 4 is 18.3 Å². The Bertz CT molecular complexity index is 537. The number of nitrogens with one attached hydrogen (secondary N) is 2. The Labute approximate surface area is 143 Å². The predicted molar refractivity (Wildman–Crippen MR) is 93.9 cm³/mol. The Balaban J connectivity index is 0.00000264. The van der Waals surface area contributed by atoms with Gasteiger partial charge in [0.2, 0.25) is 0 Å². The van der Waals surface area contributed by atoms with Crippen LogP contribution in [0.4, 0.5) is 0 Å². The standard InChI is InChI=1S/C17H24N2O3.ClH/c1-4-9-22-15-6-5-13(11-16(15)21-3)17(20)19-14-7-8-18-12(2)10-14;/h4-6,11-12,14,18H,1,7-10H2,2-3H3,(H,19,20);1H. The fraction of sp³-hybridized carbons (Fsp3) is 0.471. The smallest absolute Gasteiger partial charge is 0.251 e. The molecular weight excluding hydrogens is 316 g/mol. The first-order valence-electron chi connectivity index (χ1n) is 7.60. The lowest BCUT2D eigenvalue weighted by Gasteiger charge is -2.28. The first kappa shape index (κ1) is 19.3. The second kappa shape index (κ2) is 9.43. The molecule has 1 fully saturated rings. The zero-order chi connectivity index (χ0) is 15.9. The number of carbonyl (C=O) groups excluding carboxylic acids is 1. The average molecular weight is 341 g/mol. The number of hydrogen-bond donors (Lipinski definition) is 2. The minimum atomic E-state index is -0.0762. The van der Waals surface area contributed by atoms with Crippen LogP contribution in [0.3, 0.4) is 0 Å². The van der Waals surface area contributed by atoms with E-state index >= 15 is 0 Å². The summed E-state index contributed by atoms with van der Waals surface area (Å²) in [6.45, 7) is 7.08. The van der Waals surface area contributed by atoms with Gasteiger partial charge in [-0.25, -0.2) is 0 Å². The number of piperidine rings is 1. The highest BCUT2D eigenvalue weighted by Gasteiger charge is 2.21. The molecule has 2 unspecified atom stereocenters. The molecule has 0 saturated carbocycles. The van der Waals surface area contributed by atoms with Crippen LogP contribution in [-0.2, 0) is 0 Å². The van der Waals surface area contributed by atoms with Crippen molar-refractivity contribution in [3.8, 4) is 11.5 Å². The maximum absolute atomic E-state index is 12.4. The molecule has 1 aliphatic heterocycles. The number of benzene rings is 1. The lowest BCUT2D eigenvalue weighted by Crippen LogP contribution is -2.46. The molecule has 1 aromatic carbocycles. The van der Waals surface area contributed by atoms with Crippen molar-refractivity contribution in [1.82, 2.24) is 10.6 Å². The van der Waals surface area contributed by atoms with Gasteiger partial charge in [0, 0.05) is 17.6 Å². The molecule has 2 rings (SSSR count). The minimum absolute atomic E-state index is 0. The summed E-state index contributed by atoms with van der Waals surface area (Å²) in [5.41, 5.74) is 0.578. The molecule has 1 heterocycles. The van der Waals surface area contributed by atoms with E-state index in [2.05, 4.69) is 24.1 Å². The molecule has 2 N–H and O–H groups in total. The molecule has 0 aliphatic carbocycles. The normalized spacial score (nSPS) is 20.1. The number of halogens is 1. The molecule has 6 heteroatoms. The summed E-state index contributed by atoms with van der Waals surface area (Å²) in [5.74, 6) is 1.08. The number of hydrogen-bond acceptors (Lipinski definition) is 4. The van der Waals surface area contributed by atoms with E-state index in [1.807, 2.05) is 0 Å². The molecule has 5 nitrogen and oxygen atoms in total. The Morgan fingerprint density at radius 2 is 2.26 bits per heavy atom. The van der Waals surface area contributed by atoms with E-state index in [1.54, 1.807) is 31.4 Å². The van der Waals surface area contributed by atoms with Crippen LogP contribution in [0.2, 0.25) is 0 Å². The third-order valence-electron chi connectivity index (χ3n) is 3.74. The van der Waals surface area contributed by atoms with Gasteiger partial charge in [-0.2, -0.15) is 0 Å². The largest absolute Gasteiger partial charge is 0.493 e. The first-order valence-corrected chi connectivity index (χ1v) is 7.60. The first-order chi connectivity index (χ1) is 10.6. The van der Waals surface area contributed by atoms with E-state index < -0.39 is 0 Å². The second-order valence-corrected chi connectivity index (χ2v) is 5.52. The summed E-state index contributed by atoms with van der Waals surface area (Å²) in [5, 5.41) is 6.46. The molecule has 0 aromatic heterocycles. The number of rotatable bonds is 6. The van der Waals surface area contributed by atoms with Gasteiger partial charge in [-0.3, -0.25) is 4.79 Å². The van der Waals surface area contributed by atoms with Crippen molar-refractivity contribution in [3.63, 3.8) is 0 Å². The fourth-order valence-corrected chi connectivity index (χ4v) is 2.61. The molecule has 0 radical (unpaired) electrons. The van der Waals surface area contributed by atoms with Gasteiger partial charge in [0.1, 0.15) is 6.61 Å². The molecule has 2 atom stereocenters. The van der Waals surface area contributed by atoms with Crippen LogP contribution < -0.4 is 20.1 Å². The van der Waals surface area contributed by atoms with Crippen LogP contribution in [0, 0.1) is 0 Å². The topological polar surface area (TPSA) is 59.6 Å². The van der Waals surface area contributed by atoms with E-state index in [9.17, 15) is 4.79 Å². The Morgan fingerprint density at radius 1 is 1.48 bits per heavy atom. The SMILES string of the molecule is C=CCOc1ccc(C(=O)NC2CCNC(C)C2)cc1OC.Cl. The number of carbonyl (C=O) groups is 1. The maximum atomic E-state index is 12.4. The summed E-state index contributed by atoms with van der Waals surface area (Å²) < 4.78 is 10.8. The monoisotopic (exact) mass is 340 g/mol. The van der Waals surface area contributed by atoms with E-state index in [0.717, 1.165) is 19.4 Å². The van der Waals surface area contributed by atoms with Crippen molar-refractivity contribution < 1.29 is 14.3 Å². The predicted octanol–water partition coefficient (Wildman–Crippen LogP) is 2.55. The van der Waals surface area contributed by atoms with Crippen molar-refractivity contribution in [3.05, 3.63) is 36.4 Å². The Hall–Kier alpha value is -1.72. The van der Waals surface area contributed by atoms with Gasteiger partial charge in [0.15, 0.2) is 11.5 Å². The molecule has 128 valence electrons. The van der Waals surface area contributed by atoms with Crippen molar-refractivity contribution in [1.29, 1.82) is 0 Å². The van der Waals surface area contributed by atoms with Crippen LogP contribution in [-0.4, -0.2) is 38.3 Å². The highest BCUT2D eigenvalue weighted by molar-refractivity contribution is 5.95. The zero-order valence-electron chi connectivity index (χ0n) is 13.6. The van der Waals surface area contributed by atoms with E-state index in [1.165, 1.54) is 0 Å². The van der Waals surface area contributed by atoms with Crippen LogP contribution in [0.1, 0.15) is 30.1 Å². The molecule has 1 aromatic rings. The Kier molecular flexibility index (Phi) is 7.92. The van der Waals surface area contributed by atoms with Gasteiger partial charge >= 0.3 is 0 Å². The van der Waals surface area contributed by atoms with Gasteiger partial charge in [-0.05, 0) is 44.5 Å². The minimum Gasteiger partial charge on any atom is -0.493 e. The lowest BCUT2D eigenvalue weighted by atomic mass is 10.0. The molecule has 1 saturated heterocycles. The number of ether oxygens (including phenoxy) is 2. The highest BCUT2D eigenvalue weighted by atomic mass is 35.5. The lowest BCUT2D eigenvalue weighted by molar-refractivity contribution is 0.0925. The molecule has 23 heavy (non-hydrogen) atoms. The van der Waals surface area contributed by atoms with Gasteiger partial charge in [-0.15, -0.1) is 12.4 Å². The van der Waals surface area contributed by atoms with Gasteiger partial charge in [-0.1, -0.05) is 12.7 Å². The van der Waals surface area contributed by atoms with Crippen molar-refractivity contribution in [2.24, 2.45) is 0 Å². The van der Waals surface area contributed by atoms with Crippen LogP contribution in [0.25, 0.3) is 0 Å². The Morgan fingerprint density at radius 3 is 2.91 bits per heavy atom. The molecule has 0 bridgehead atoms. The fourth-order valence-electron chi connectivity index (χ4n) is 2.61. The average Bonchev–Trinajstić information content (AvgIpc) is 2.52. The van der Waals surface area contributed by atoms with Crippen LogP contribution in [0.15, 0.2) is 30.9 Å².